The first-order valence-electron chi connectivity index (χ1n) is 5.07. The van der Waals surface area contributed by atoms with E-state index in [-0.39, 0.29) is 0 Å². The molecule has 1 N–H and O–H groups in total. The maximum Gasteiger partial charge on any atom is 0.0756 e. The zero-order valence-electron chi connectivity index (χ0n) is 8.79. The van der Waals surface area contributed by atoms with Crippen molar-refractivity contribution >= 4 is 17.4 Å². The monoisotopic (exact) mass is 211 g/mol. The molecule has 1 aromatic rings. The van der Waals surface area contributed by atoms with Crippen molar-refractivity contribution in [3.8, 4) is 0 Å². The number of nitrogens with zero attached hydrogens (tertiary/aromatic N) is 2. The lowest BCUT2D eigenvalue weighted by Gasteiger charge is -2.10. The third kappa shape index (κ3) is 2.05. The van der Waals surface area contributed by atoms with Gasteiger partial charge in [-0.2, -0.15) is 16.9 Å². The van der Waals surface area contributed by atoms with Crippen LogP contribution in [-0.4, -0.2) is 27.8 Å². The molecule has 1 unspecified atom stereocenters. The van der Waals surface area contributed by atoms with Crippen LogP contribution >= 0.6 is 11.8 Å². The topological polar surface area (TPSA) is 29.9 Å². The molecule has 1 saturated heterocycles. The van der Waals surface area contributed by atoms with Crippen molar-refractivity contribution in [2.24, 2.45) is 13.0 Å². The molecule has 14 heavy (non-hydrogen) atoms. The van der Waals surface area contributed by atoms with E-state index in [2.05, 4.69) is 29.1 Å². The number of anilines is 1. The summed E-state index contributed by atoms with van der Waals surface area (Å²) in [6.45, 7) is 3.19. The van der Waals surface area contributed by atoms with Crippen molar-refractivity contribution < 1.29 is 0 Å². The largest absolute Gasteiger partial charge is 0.382 e. The number of thioether (sulfide) groups is 1. The molecule has 0 radical (unpaired) electrons. The first-order chi connectivity index (χ1) is 6.77. The van der Waals surface area contributed by atoms with E-state index >= 15 is 0 Å². The van der Waals surface area contributed by atoms with Crippen LogP contribution in [0.5, 0.6) is 0 Å². The molecule has 0 aliphatic carbocycles. The van der Waals surface area contributed by atoms with E-state index < -0.39 is 0 Å². The lowest BCUT2D eigenvalue weighted by Crippen LogP contribution is -2.13. The van der Waals surface area contributed by atoms with Crippen LogP contribution in [0.4, 0.5) is 5.69 Å². The molecule has 0 bridgehead atoms. The van der Waals surface area contributed by atoms with Crippen LogP contribution in [-0.2, 0) is 7.05 Å². The molecule has 1 aromatic heterocycles. The van der Waals surface area contributed by atoms with E-state index in [1.54, 1.807) is 0 Å². The summed E-state index contributed by atoms with van der Waals surface area (Å²) < 4.78 is 1.91. The number of hydrogen-bond acceptors (Lipinski definition) is 3. The summed E-state index contributed by atoms with van der Waals surface area (Å²) in [6.07, 6.45) is 3.27. The standard InChI is InChI=1S/C10H17N3S/c1-8-10(6-12-13(8)2)11-5-9-3-4-14-7-9/h6,9,11H,3-5,7H2,1-2H3. The van der Waals surface area contributed by atoms with Gasteiger partial charge in [-0.1, -0.05) is 0 Å². The Morgan fingerprint density at radius 1 is 1.71 bits per heavy atom. The fourth-order valence-electron chi connectivity index (χ4n) is 1.67. The van der Waals surface area contributed by atoms with Gasteiger partial charge in [0.25, 0.3) is 0 Å². The highest BCUT2D eigenvalue weighted by molar-refractivity contribution is 7.99. The summed E-state index contributed by atoms with van der Waals surface area (Å²) in [5, 5.41) is 7.69. The van der Waals surface area contributed by atoms with Crippen LogP contribution < -0.4 is 5.32 Å². The summed E-state index contributed by atoms with van der Waals surface area (Å²) in [7, 11) is 1.98. The van der Waals surface area contributed by atoms with Gasteiger partial charge in [0.05, 0.1) is 17.6 Å². The maximum atomic E-state index is 4.21. The summed E-state index contributed by atoms with van der Waals surface area (Å²) in [5.74, 6) is 3.49. The van der Waals surface area contributed by atoms with Crippen LogP contribution in [0.15, 0.2) is 6.20 Å². The van der Waals surface area contributed by atoms with E-state index in [1.165, 1.54) is 29.3 Å². The quantitative estimate of drug-likeness (QED) is 0.828. The zero-order chi connectivity index (χ0) is 9.97. The predicted molar refractivity (Wildman–Crippen MR) is 61.9 cm³/mol. The van der Waals surface area contributed by atoms with E-state index in [4.69, 9.17) is 0 Å². The van der Waals surface area contributed by atoms with Crippen LogP contribution in [0, 0.1) is 12.8 Å². The van der Waals surface area contributed by atoms with Gasteiger partial charge in [0, 0.05) is 13.6 Å². The Morgan fingerprint density at radius 3 is 3.14 bits per heavy atom. The van der Waals surface area contributed by atoms with Gasteiger partial charge in [-0.25, -0.2) is 0 Å². The Kier molecular flexibility index (Phi) is 3.01. The fraction of sp³-hybridized carbons (Fsp3) is 0.700. The van der Waals surface area contributed by atoms with E-state index in [0.717, 1.165) is 12.5 Å². The Hall–Kier alpha value is -0.640. The molecular formula is C10H17N3S. The molecule has 1 fully saturated rings. The van der Waals surface area contributed by atoms with Crippen molar-refractivity contribution in [1.82, 2.24) is 9.78 Å². The minimum Gasteiger partial charge on any atom is -0.382 e. The van der Waals surface area contributed by atoms with Gasteiger partial charge in [-0.15, -0.1) is 0 Å². The average Bonchev–Trinajstić information content (AvgIpc) is 2.77. The number of aromatic nitrogens is 2. The van der Waals surface area contributed by atoms with Crippen LogP contribution in [0.2, 0.25) is 0 Å². The Balaban J connectivity index is 1.88. The highest BCUT2D eigenvalue weighted by Crippen LogP contribution is 2.24. The minimum absolute atomic E-state index is 0.847. The lowest BCUT2D eigenvalue weighted by atomic mass is 10.1. The molecule has 2 heterocycles. The third-order valence-electron chi connectivity index (χ3n) is 2.84. The Bertz CT molecular complexity index is 302. The van der Waals surface area contributed by atoms with Gasteiger partial charge in [-0.05, 0) is 30.8 Å². The van der Waals surface area contributed by atoms with Crippen LogP contribution in [0.3, 0.4) is 0 Å². The SMILES string of the molecule is Cc1c(NCC2CCSC2)cnn1C. The molecule has 1 aliphatic rings. The molecule has 0 aromatic carbocycles. The van der Waals surface area contributed by atoms with Gasteiger partial charge in [0.1, 0.15) is 0 Å². The fourth-order valence-corrected chi connectivity index (χ4v) is 2.96. The van der Waals surface area contributed by atoms with Crippen molar-refractivity contribution in [2.45, 2.75) is 13.3 Å². The van der Waals surface area contributed by atoms with Gasteiger partial charge < -0.3 is 5.32 Å². The third-order valence-corrected chi connectivity index (χ3v) is 4.07. The van der Waals surface area contributed by atoms with E-state index in [1.807, 2.05) is 17.9 Å². The molecule has 3 nitrogen and oxygen atoms in total. The van der Waals surface area contributed by atoms with Crippen molar-refractivity contribution in [2.75, 3.05) is 23.4 Å². The second-order valence-corrected chi connectivity index (χ2v) is 5.03. The highest BCUT2D eigenvalue weighted by atomic mass is 32.2. The zero-order valence-corrected chi connectivity index (χ0v) is 9.60. The van der Waals surface area contributed by atoms with Gasteiger partial charge >= 0.3 is 0 Å². The summed E-state index contributed by atoms with van der Waals surface area (Å²) in [6, 6.07) is 0. The molecule has 78 valence electrons. The second-order valence-electron chi connectivity index (χ2n) is 3.88. The first-order valence-corrected chi connectivity index (χ1v) is 6.23. The predicted octanol–water partition coefficient (Wildman–Crippen LogP) is 1.89. The van der Waals surface area contributed by atoms with Gasteiger partial charge in [0.15, 0.2) is 0 Å². The van der Waals surface area contributed by atoms with Crippen LogP contribution in [0.25, 0.3) is 0 Å². The molecule has 0 spiro atoms. The first kappa shape index (κ1) is 9.90. The Labute approximate surface area is 89.3 Å². The average molecular weight is 211 g/mol. The van der Waals surface area contributed by atoms with Crippen molar-refractivity contribution in [3.05, 3.63) is 11.9 Å². The number of rotatable bonds is 3. The van der Waals surface area contributed by atoms with Gasteiger partial charge in [-0.3, -0.25) is 4.68 Å². The van der Waals surface area contributed by atoms with Gasteiger partial charge in [0.2, 0.25) is 0 Å². The molecule has 4 heteroatoms. The normalized spacial score (nSPS) is 21.4. The number of nitrogens with one attached hydrogen (secondary N) is 1. The molecule has 2 rings (SSSR count). The molecule has 1 aliphatic heterocycles. The molecule has 0 saturated carbocycles. The van der Waals surface area contributed by atoms with Crippen molar-refractivity contribution in [1.29, 1.82) is 0 Å². The summed E-state index contributed by atoms with van der Waals surface area (Å²) >= 11 is 2.07. The van der Waals surface area contributed by atoms with Crippen LogP contribution in [0.1, 0.15) is 12.1 Å². The second kappa shape index (κ2) is 4.26. The summed E-state index contributed by atoms with van der Waals surface area (Å²) in [4.78, 5) is 0. The van der Waals surface area contributed by atoms with E-state index in [9.17, 15) is 0 Å². The lowest BCUT2D eigenvalue weighted by molar-refractivity contribution is 0.631. The summed E-state index contributed by atoms with van der Waals surface area (Å²) in [5.41, 5.74) is 2.40. The molecular weight excluding hydrogens is 194 g/mol. The van der Waals surface area contributed by atoms with Crippen molar-refractivity contribution in [3.63, 3.8) is 0 Å². The maximum absolute atomic E-state index is 4.21. The number of hydrogen-bond donors (Lipinski definition) is 1. The van der Waals surface area contributed by atoms with E-state index in [0.29, 0.717) is 0 Å². The molecule has 0 amide bonds. The smallest absolute Gasteiger partial charge is 0.0756 e. The Morgan fingerprint density at radius 2 is 2.57 bits per heavy atom. The highest BCUT2D eigenvalue weighted by Gasteiger charge is 2.15. The molecule has 1 atom stereocenters. The minimum atomic E-state index is 0.847. The number of aryl methyl sites for hydroxylation is 1.